The Morgan fingerprint density at radius 1 is 1.35 bits per heavy atom. The summed E-state index contributed by atoms with van der Waals surface area (Å²) in [5.74, 6) is 0.608. The minimum absolute atomic E-state index is 0.486. The third kappa shape index (κ3) is 2.72. The van der Waals surface area contributed by atoms with Gasteiger partial charge in [0.25, 0.3) is 0 Å². The van der Waals surface area contributed by atoms with E-state index in [1.54, 1.807) is 6.26 Å². The number of aliphatic hydroxyl groups excluding tert-OH is 1. The molecule has 0 fully saturated rings. The second-order valence-electron chi connectivity index (χ2n) is 3.99. The Morgan fingerprint density at radius 2 is 2.06 bits per heavy atom. The second-order valence-corrected chi connectivity index (χ2v) is 3.99. The van der Waals surface area contributed by atoms with E-state index >= 15 is 0 Å². The minimum Gasteiger partial charge on any atom is -0.444 e. The van der Waals surface area contributed by atoms with Gasteiger partial charge in [-0.25, -0.2) is 4.98 Å². The number of aromatic nitrogens is 1. The molecule has 0 saturated heterocycles. The van der Waals surface area contributed by atoms with Crippen LogP contribution >= 0.6 is 0 Å². The molecule has 90 valence electrons. The van der Waals surface area contributed by atoms with Crippen LogP contribution < -0.4 is 5.32 Å². The molecule has 0 bridgehead atoms. The van der Waals surface area contributed by atoms with Gasteiger partial charge in [0.2, 0.25) is 5.89 Å². The van der Waals surface area contributed by atoms with Crippen molar-refractivity contribution in [2.24, 2.45) is 0 Å². The van der Waals surface area contributed by atoms with Gasteiger partial charge < -0.3 is 14.8 Å². The summed E-state index contributed by atoms with van der Waals surface area (Å²) in [5, 5.41) is 12.7. The van der Waals surface area contributed by atoms with Crippen LogP contribution in [0.2, 0.25) is 0 Å². The number of nitrogens with one attached hydrogen (secondary N) is 1. The highest BCUT2D eigenvalue weighted by Gasteiger charge is 2.08. The van der Waals surface area contributed by atoms with E-state index in [0.29, 0.717) is 12.4 Å². The van der Waals surface area contributed by atoms with Crippen molar-refractivity contribution in [3.63, 3.8) is 0 Å². The van der Waals surface area contributed by atoms with Crippen LogP contribution in [0.1, 0.15) is 17.4 Å². The van der Waals surface area contributed by atoms with Crippen molar-refractivity contribution in [3.8, 4) is 11.5 Å². The summed E-state index contributed by atoms with van der Waals surface area (Å²) in [6.07, 6.45) is 1.14. The Bertz CT molecular complexity index is 476. The lowest BCUT2D eigenvalue weighted by Gasteiger charge is -2.10. The average Bonchev–Trinajstić information content (AvgIpc) is 2.76. The van der Waals surface area contributed by atoms with Gasteiger partial charge in [-0.2, -0.15) is 0 Å². The number of hydrogen-bond acceptors (Lipinski definition) is 4. The first kappa shape index (κ1) is 11.8. The van der Waals surface area contributed by atoms with E-state index in [4.69, 9.17) is 4.42 Å². The normalized spacial score (nSPS) is 12.6. The third-order valence-corrected chi connectivity index (χ3v) is 2.56. The lowest BCUT2D eigenvalue weighted by atomic mass is 10.1. The molecule has 1 atom stereocenters. The number of rotatable bonds is 4. The Balaban J connectivity index is 2.18. The number of oxazole rings is 1. The van der Waals surface area contributed by atoms with E-state index in [1.165, 1.54) is 0 Å². The van der Waals surface area contributed by atoms with Crippen LogP contribution in [-0.4, -0.2) is 23.7 Å². The molecule has 0 aliphatic heterocycles. The van der Waals surface area contributed by atoms with E-state index < -0.39 is 6.10 Å². The van der Waals surface area contributed by atoms with Crippen molar-refractivity contribution in [2.75, 3.05) is 13.6 Å². The summed E-state index contributed by atoms with van der Waals surface area (Å²) in [7, 11) is 1.81. The van der Waals surface area contributed by atoms with E-state index in [2.05, 4.69) is 10.3 Å². The van der Waals surface area contributed by atoms with Crippen molar-refractivity contribution < 1.29 is 9.52 Å². The van der Waals surface area contributed by atoms with Gasteiger partial charge in [-0.05, 0) is 31.7 Å². The highest BCUT2D eigenvalue weighted by atomic mass is 16.3. The van der Waals surface area contributed by atoms with Gasteiger partial charge in [-0.15, -0.1) is 0 Å². The van der Waals surface area contributed by atoms with Gasteiger partial charge in [0.1, 0.15) is 6.26 Å². The molecule has 1 heterocycles. The van der Waals surface area contributed by atoms with Crippen LogP contribution in [0.25, 0.3) is 11.5 Å². The molecule has 2 aromatic rings. The Kier molecular flexibility index (Phi) is 3.56. The molecule has 4 nitrogen and oxygen atoms in total. The van der Waals surface area contributed by atoms with Crippen molar-refractivity contribution in [3.05, 3.63) is 41.8 Å². The standard InChI is InChI=1S/C13H16N2O2/c1-9-8-17-13(15-9)11-5-3-10(4-6-11)12(16)7-14-2/h3-6,8,12,14,16H,7H2,1-2H3. The van der Waals surface area contributed by atoms with E-state index in [1.807, 2.05) is 38.2 Å². The maximum Gasteiger partial charge on any atom is 0.226 e. The van der Waals surface area contributed by atoms with Crippen LogP contribution in [0.15, 0.2) is 34.9 Å². The molecule has 4 heteroatoms. The number of benzene rings is 1. The topological polar surface area (TPSA) is 58.3 Å². The average molecular weight is 232 g/mol. The number of aliphatic hydroxyl groups is 1. The lowest BCUT2D eigenvalue weighted by Crippen LogP contribution is -2.16. The molecular formula is C13H16N2O2. The molecule has 1 unspecified atom stereocenters. The minimum atomic E-state index is -0.486. The Labute approximate surface area is 100 Å². The lowest BCUT2D eigenvalue weighted by molar-refractivity contribution is 0.178. The van der Waals surface area contributed by atoms with Crippen molar-refractivity contribution in [2.45, 2.75) is 13.0 Å². The number of nitrogens with zero attached hydrogens (tertiary/aromatic N) is 1. The summed E-state index contributed by atoms with van der Waals surface area (Å²) in [5.41, 5.74) is 2.66. The summed E-state index contributed by atoms with van der Waals surface area (Å²) in [6.45, 7) is 2.43. The van der Waals surface area contributed by atoms with Gasteiger partial charge in [-0.3, -0.25) is 0 Å². The number of aryl methyl sites for hydroxylation is 1. The fourth-order valence-corrected chi connectivity index (χ4v) is 1.65. The molecule has 0 aliphatic rings. The zero-order chi connectivity index (χ0) is 12.3. The van der Waals surface area contributed by atoms with Gasteiger partial charge in [0.15, 0.2) is 0 Å². The third-order valence-electron chi connectivity index (χ3n) is 2.56. The number of likely N-dealkylation sites (N-methyl/N-ethyl adjacent to an activating group) is 1. The Morgan fingerprint density at radius 3 is 2.59 bits per heavy atom. The van der Waals surface area contributed by atoms with Crippen molar-refractivity contribution in [1.82, 2.24) is 10.3 Å². The summed E-state index contributed by atoms with van der Waals surface area (Å²) >= 11 is 0. The Hall–Kier alpha value is -1.65. The molecular weight excluding hydrogens is 216 g/mol. The monoisotopic (exact) mass is 232 g/mol. The maximum absolute atomic E-state index is 9.78. The smallest absolute Gasteiger partial charge is 0.226 e. The fraction of sp³-hybridized carbons (Fsp3) is 0.308. The first-order valence-corrected chi connectivity index (χ1v) is 5.56. The summed E-state index contributed by atoms with van der Waals surface area (Å²) in [4.78, 5) is 4.25. The molecule has 0 saturated carbocycles. The number of hydrogen-bond donors (Lipinski definition) is 2. The van der Waals surface area contributed by atoms with E-state index in [0.717, 1.165) is 16.8 Å². The SMILES string of the molecule is CNCC(O)c1ccc(-c2nc(C)co2)cc1. The van der Waals surface area contributed by atoms with E-state index in [9.17, 15) is 5.11 Å². The molecule has 0 radical (unpaired) electrons. The summed E-state index contributed by atoms with van der Waals surface area (Å²) < 4.78 is 5.31. The highest BCUT2D eigenvalue weighted by molar-refractivity contribution is 5.53. The predicted octanol–water partition coefficient (Wildman–Crippen LogP) is 1.90. The van der Waals surface area contributed by atoms with Crippen LogP contribution in [0.3, 0.4) is 0 Å². The molecule has 2 N–H and O–H groups in total. The van der Waals surface area contributed by atoms with Crippen LogP contribution in [0, 0.1) is 6.92 Å². The van der Waals surface area contributed by atoms with Gasteiger partial charge in [0, 0.05) is 12.1 Å². The maximum atomic E-state index is 9.78. The zero-order valence-electron chi connectivity index (χ0n) is 9.97. The molecule has 2 rings (SSSR count). The molecule has 0 aliphatic carbocycles. The highest BCUT2D eigenvalue weighted by Crippen LogP contribution is 2.21. The molecule has 17 heavy (non-hydrogen) atoms. The zero-order valence-corrected chi connectivity index (χ0v) is 9.97. The van der Waals surface area contributed by atoms with Crippen LogP contribution in [-0.2, 0) is 0 Å². The second kappa shape index (κ2) is 5.12. The van der Waals surface area contributed by atoms with Gasteiger partial charge >= 0.3 is 0 Å². The summed E-state index contributed by atoms with van der Waals surface area (Å²) in [6, 6.07) is 7.58. The first-order valence-electron chi connectivity index (χ1n) is 5.56. The van der Waals surface area contributed by atoms with Crippen LogP contribution in [0.4, 0.5) is 0 Å². The largest absolute Gasteiger partial charge is 0.444 e. The molecule has 0 spiro atoms. The molecule has 1 aromatic carbocycles. The van der Waals surface area contributed by atoms with E-state index in [-0.39, 0.29) is 0 Å². The predicted molar refractivity (Wildman–Crippen MR) is 65.6 cm³/mol. The molecule has 0 amide bonds. The fourth-order valence-electron chi connectivity index (χ4n) is 1.65. The van der Waals surface area contributed by atoms with Gasteiger partial charge in [-0.1, -0.05) is 12.1 Å². The van der Waals surface area contributed by atoms with Crippen molar-refractivity contribution >= 4 is 0 Å². The van der Waals surface area contributed by atoms with Crippen molar-refractivity contribution in [1.29, 1.82) is 0 Å². The van der Waals surface area contributed by atoms with Gasteiger partial charge in [0.05, 0.1) is 11.8 Å². The quantitative estimate of drug-likeness (QED) is 0.845. The molecule has 1 aromatic heterocycles. The first-order chi connectivity index (χ1) is 8.20. The van der Waals surface area contributed by atoms with Crippen LogP contribution in [0.5, 0.6) is 0 Å².